The number of nitrogens with one attached hydrogen (secondary N) is 1. The predicted octanol–water partition coefficient (Wildman–Crippen LogP) is 3.64. The highest BCUT2D eigenvalue weighted by molar-refractivity contribution is 8.00. The molecule has 0 atom stereocenters. The van der Waals surface area contributed by atoms with Crippen molar-refractivity contribution in [1.29, 1.82) is 0 Å². The summed E-state index contributed by atoms with van der Waals surface area (Å²) in [5.74, 6) is 0.0974. The highest BCUT2D eigenvalue weighted by Gasteiger charge is 2.14. The molecule has 152 valence electrons. The molecule has 0 aliphatic carbocycles. The van der Waals surface area contributed by atoms with E-state index in [1.807, 2.05) is 18.2 Å². The molecule has 30 heavy (non-hydrogen) atoms. The van der Waals surface area contributed by atoms with Crippen LogP contribution in [0.15, 0.2) is 59.9 Å². The molecule has 4 rings (SSSR count). The normalized spacial score (nSPS) is 11.0. The first kappa shape index (κ1) is 20.3. The van der Waals surface area contributed by atoms with Gasteiger partial charge in [0.2, 0.25) is 5.91 Å². The summed E-state index contributed by atoms with van der Waals surface area (Å²) in [6.45, 7) is 3.00. The third-order valence-electron chi connectivity index (χ3n) is 4.49. The lowest BCUT2D eigenvalue weighted by Crippen LogP contribution is -2.24. The van der Waals surface area contributed by atoms with Crippen LogP contribution >= 0.6 is 23.4 Å². The first-order valence-electron chi connectivity index (χ1n) is 9.33. The van der Waals surface area contributed by atoms with E-state index in [0.717, 1.165) is 11.1 Å². The van der Waals surface area contributed by atoms with Crippen LogP contribution in [-0.2, 0) is 17.9 Å². The van der Waals surface area contributed by atoms with Crippen molar-refractivity contribution in [2.75, 3.05) is 5.75 Å². The molecule has 4 aromatic rings. The minimum absolute atomic E-state index is 0.112. The van der Waals surface area contributed by atoms with Gasteiger partial charge in [0, 0.05) is 11.6 Å². The third kappa shape index (κ3) is 4.77. The third-order valence-corrected chi connectivity index (χ3v) is 5.84. The Morgan fingerprint density at radius 2 is 1.93 bits per heavy atom. The van der Waals surface area contributed by atoms with Crippen LogP contribution in [0, 0.1) is 6.92 Å². The number of carbonyl (C=O) groups is 1. The summed E-state index contributed by atoms with van der Waals surface area (Å²) in [5, 5.41) is 12.6. The number of hydrogen-bond donors (Lipinski definition) is 1. The summed E-state index contributed by atoms with van der Waals surface area (Å²) < 4.78 is 1.74. The van der Waals surface area contributed by atoms with Crippen LogP contribution in [0.4, 0.5) is 0 Å². The molecule has 2 heterocycles. The number of rotatable bonds is 7. The Morgan fingerprint density at radius 1 is 1.13 bits per heavy atom. The Kier molecular flexibility index (Phi) is 6.25. The lowest BCUT2D eigenvalue weighted by molar-refractivity contribution is -0.118. The Balaban J connectivity index is 1.41. The quantitative estimate of drug-likeness (QED) is 0.350. The molecule has 7 nitrogen and oxygen atoms in total. The largest absolute Gasteiger partial charge is 0.351 e. The Labute approximate surface area is 182 Å². The maximum Gasteiger partial charge on any atom is 0.230 e. The molecule has 1 amide bonds. The average molecular weight is 439 g/mol. The van der Waals surface area contributed by atoms with Crippen LogP contribution in [0.1, 0.15) is 16.7 Å². The molecule has 1 N–H and O–H groups in total. The second-order valence-electron chi connectivity index (χ2n) is 6.74. The average Bonchev–Trinajstić information content (AvgIpc) is 3.17. The first-order valence-corrected chi connectivity index (χ1v) is 10.7. The summed E-state index contributed by atoms with van der Waals surface area (Å²) in [6.07, 6.45) is 1.47. The molecule has 0 aliphatic heterocycles. The second-order valence-corrected chi connectivity index (χ2v) is 8.11. The molecule has 9 heteroatoms. The smallest absolute Gasteiger partial charge is 0.230 e. The molecule has 0 aliphatic rings. The SMILES string of the molecule is Cc1ccc(Cn2nnc3c(SCC(=O)NCc4ccccc4Cl)ncnc32)cc1. The van der Waals surface area contributed by atoms with E-state index >= 15 is 0 Å². The van der Waals surface area contributed by atoms with Gasteiger partial charge in [0.05, 0.1) is 12.3 Å². The minimum atomic E-state index is -0.112. The summed E-state index contributed by atoms with van der Waals surface area (Å²) in [7, 11) is 0. The molecule has 0 spiro atoms. The molecule has 0 radical (unpaired) electrons. The molecule has 0 saturated carbocycles. The number of carbonyl (C=O) groups excluding carboxylic acids is 1. The fourth-order valence-electron chi connectivity index (χ4n) is 2.87. The number of aromatic nitrogens is 5. The van der Waals surface area contributed by atoms with Gasteiger partial charge in [-0.3, -0.25) is 4.79 Å². The maximum absolute atomic E-state index is 12.3. The van der Waals surface area contributed by atoms with Crippen LogP contribution in [0.2, 0.25) is 5.02 Å². The summed E-state index contributed by atoms with van der Waals surface area (Å²) in [4.78, 5) is 20.9. The van der Waals surface area contributed by atoms with Gasteiger partial charge in [-0.2, -0.15) is 0 Å². The van der Waals surface area contributed by atoms with E-state index in [1.54, 1.807) is 10.7 Å². The van der Waals surface area contributed by atoms with Crippen LogP contribution in [0.3, 0.4) is 0 Å². The number of benzene rings is 2. The van der Waals surface area contributed by atoms with Crippen molar-refractivity contribution in [3.05, 3.63) is 76.6 Å². The van der Waals surface area contributed by atoms with Crippen molar-refractivity contribution in [2.24, 2.45) is 0 Å². The maximum atomic E-state index is 12.3. The molecular formula is C21H19ClN6OS. The molecular weight excluding hydrogens is 420 g/mol. The number of fused-ring (bicyclic) bond motifs is 1. The number of hydrogen-bond acceptors (Lipinski definition) is 6. The summed E-state index contributed by atoms with van der Waals surface area (Å²) in [5.41, 5.74) is 4.43. The summed E-state index contributed by atoms with van der Waals surface area (Å²) >= 11 is 7.43. The monoisotopic (exact) mass is 438 g/mol. The number of thioether (sulfide) groups is 1. The van der Waals surface area contributed by atoms with E-state index in [9.17, 15) is 4.79 Å². The van der Waals surface area contributed by atoms with Crippen molar-refractivity contribution >= 4 is 40.4 Å². The van der Waals surface area contributed by atoms with Crippen LogP contribution in [-0.4, -0.2) is 36.6 Å². The first-order chi connectivity index (χ1) is 14.6. The van der Waals surface area contributed by atoms with Gasteiger partial charge in [0.25, 0.3) is 0 Å². The van der Waals surface area contributed by atoms with Gasteiger partial charge in [-0.1, -0.05) is 76.6 Å². The van der Waals surface area contributed by atoms with Gasteiger partial charge >= 0.3 is 0 Å². The molecule has 0 unspecified atom stereocenters. The van der Waals surface area contributed by atoms with Gasteiger partial charge in [-0.25, -0.2) is 14.6 Å². The zero-order valence-electron chi connectivity index (χ0n) is 16.2. The zero-order chi connectivity index (χ0) is 20.9. The van der Waals surface area contributed by atoms with Crippen molar-refractivity contribution in [2.45, 2.75) is 25.0 Å². The Bertz CT molecular complexity index is 1180. The molecule has 2 aromatic carbocycles. The highest BCUT2D eigenvalue weighted by atomic mass is 35.5. The fraction of sp³-hybridized carbons (Fsp3) is 0.190. The van der Waals surface area contributed by atoms with E-state index in [1.165, 1.54) is 23.7 Å². The molecule has 0 fully saturated rings. The minimum Gasteiger partial charge on any atom is -0.351 e. The lowest BCUT2D eigenvalue weighted by Gasteiger charge is -2.07. The number of halogens is 1. The number of aryl methyl sites for hydroxylation is 1. The number of nitrogens with zero attached hydrogens (tertiary/aromatic N) is 5. The van der Waals surface area contributed by atoms with E-state index in [-0.39, 0.29) is 11.7 Å². The van der Waals surface area contributed by atoms with Gasteiger partial charge in [0.15, 0.2) is 11.2 Å². The predicted molar refractivity (Wildman–Crippen MR) is 117 cm³/mol. The van der Waals surface area contributed by atoms with Crippen molar-refractivity contribution in [3.63, 3.8) is 0 Å². The standard InChI is InChI=1S/C21H19ClN6OS/c1-14-6-8-15(9-7-14)11-28-20-19(26-27-28)21(25-13-24-20)30-12-18(29)23-10-16-4-2-3-5-17(16)22/h2-9,13H,10-12H2,1H3,(H,23,29). The molecule has 0 saturated heterocycles. The van der Waals surface area contributed by atoms with Gasteiger partial charge < -0.3 is 5.32 Å². The second kappa shape index (κ2) is 9.23. The van der Waals surface area contributed by atoms with Crippen LogP contribution in [0.25, 0.3) is 11.2 Å². The van der Waals surface area contributed by atoms with Crippen molar-refractivity contribution in [3.8, 4) is 0 Å². The van der Waals surface area contributed by atoms with Gasteiger partial charge in [-0.15, -0.1) is 5.10 Å². The van der Waals surface area contributed by atoms with Gasteiger partial charge in [-0.05, 0) is 24.1 Å². The van der Waals surface area contributed by atoms with Crippen LogP contribution < -0.4 is 5.32 Å². The fourth-order valence-corrected chi connectivity index (χ4v) is 3.83. The van der Waals surface area contributed by atoms with Crippen molar-refractivity contribution < 1.29 is 4.79 Å². The van der Waals surface area contributed by atoms with E-state index < -0.39 is 0 Å². The van der Waals surface area contributed by atoms with E-state index in [2.05, 4.69) is 56.8 Å². The highest BCUT2D eigenvalue weighted by Crippen LogP contribution is 2.23. The van der Waals surface area contributed by atoms with Gasteiger partial charge in [0.1, 0.15) is 11.4 Å². The summed E-state index contributed by atoms with van der Waals surface area (Å²) in [6, 6.07) is 15.7. The van der Waals surface area contributed by atoms with Crippen molar-refractivity contribution in [1.82, 2.24) is 30.3 Å². The van der Waals surface area contributed by atoms with E-state index in [4.69, 9.17) is 11.6 Å². The number of amides is 1. The topological polar surface area (TPSA) is 85.6 Å². The zero-order valence-corrected chi connectivity index (χ0v) is 17.8. The van der Waals surface area contributed by atoms with E-state index in [0.29, 0.717) is 34.3 Å². The molecule has 0 bridgehead atoms. The molecule has 2 aromatic heterocycles. The lowest BCUT2D eigenvalue weighted by atomic mass is 10.1. The Hall–Kier alpha value is -2.97. The van der Waals surface area contributed by atoms with Crippen LogP contribution in [0.5, 0.6) is 0 Å². The Morgan fingerprint density at radius 3 is 2.73 bits per heavy atom.